The standard InChI is InChI=1S/C12H16N2O4S/c1-8(2)17-5-6-19(15,16)12-14-10-4-3-9(13)7-11(10)18-12/h3-4,7-8H,5-6,13H2,1-2H3. The van der Waals surface area contributed by atoms with Crippen LogP contribution in [0.5, 0.6) is 0 Å². The molecule has 0 atom stereocenters. The van der Waals surface area contributed by atoms with E-state index < -0.39 is 9.84 Å². The van der Waals surface area contributed by atoms with Crippen LogP contribution in [0.15, 0.2) is 27.8 Å². The molecule has 0 saturated heterocycles. The van der Waals surface area contributed by atoms with Crippen LogP contribution in [0, 0.1) is 0 Å². The zero-order chi connectivity index (χ0) is 14.0. The number of fused-ring (bicyclic) bond motifs is 1. The van der Waals surface area contributed by atoms with Crippen LogP contribution in [0.4, 0.5) is 5.69 Å². The first-order valence-corrected chi connectivity index (χ1v) is 7.54. The molecule has 2 N–H and O–H groups in total. The summed E-state index contributed by atoms with van der Waals surface area (Å²) in [6.45, 7) is 3.80. The first kappa shape index (κ1) is 13.8. The molecule has 0 amide bonds. The lowest BCUT2D eigenvalue weighted by Gasteiger charge is -2.05. The number of oxazole rings is 1. The van der Waals surface area contributed by atoms with Crippen LogP contribution in [0.25, 0.3) is 11.1 Å². The van der Waals surface area contributed by atoms with E-state index in [0.29, 0.717) is 16.8 Å². The number of aromatic nitrogens is 1. The van der Waals surface area contributed by atoms with Gasteiger partial charge in [0.25, 0.3) is 0 Å². The number of hydrogen-bond acceptors (Lipinski definition) is 6. The van der Waals surface area contributed by atoms with Crippen molar-refractivity contribution in [2.75, 3.05) is 18.1 Å². The van der Waals surface area contributed by atoms with Gasteiger partial charge >= 0.3 is 5.22 Å². The van der Waals surface area contributed by atoms with Gasteiger partial charge in [0.05, 0.1) is 18.5 Å². The molecule has 0 fully saturated rings. The zero-order valence-corrected chi connectivity index (χ0v) is 11.6. The third-order valence-electron chi connectivity index (χ3n) is 2.46. The molecule has 7 heteroatoms. The predicted molar refractivity (Wildman–Crippen MR) is 71.6 cm³/mol. The van der Waals surface area contributed by atoms with Crippen molar-refractivity contribution in [2.45, 2.75) is 25.2 Å². The molecule has 0 aliphatic heterocycles. The minimum Gasteiger partial charge on any atom is -0.428 e. The number of hydrogen-bond donors (Lipinski definition) is 1. The summed E-state index contributed by atoms with van der Waals surface area (Å²) in [5.74, 6) is -0.159. The van der Waals surface area contributed by atoms with E-state index in [0.717, 1.165) is 0 Å². The molecule has 0 unspecified atom stereocenters. The summed E-state index contributed by atoms with van der Waals surface area (Å²) in [4.78, 5) is 3.96. The Morgan fingerprint density at radius 1 is 1.42 bits per heavy atom. The molecule has 2 rings (SSSR count). The summed E-state index contributed by atoms with van der Waals surface area (Å²) in [5.41, 5.74) is 6.93. The Morgan fingerprint density at radius 2 is 2.16 bits per heavy atom. The second kappa shape index (κ2) is 5.18. The molecule has 0 spiro atoms. The molecule has 2 aromatic rings. The van der Waals surface area contributed by atoms with Crippen molar-refractivity contribution in [1.29, 1.82) is 0 Å². The number of nitrogen functional groups attached to an aromatic ring is 1. The number of anilines is 1. The van der Waals surface area contributed by atoms with Gasteiger partial charge in [-0.3, -0.25) is 0 Å². The molecule has 0 bridgehead atoms. The fraction of sp³-hybridized carbons (Fsp3) is 0.417. The fourth-order valence-electron chi connectivity index (χ4n) is 1.53. The first-order chi connectivity index (χ1) is 8.88. The average Bonchev–Trinajstić information content (AvgIpc) is 2.71. The Labute approximate surface area is 111 Å². The van der Waals surface area contributed by atoms with Gasteiger partial charge in [-0.1, -0.05) is 0 Å². The van der Waals surface area contributed by atoms with E-state index in [1.807, 2.05) is 13.8 Å². The van der Waals surface area contributed by atoms with E-state index in [9.17, 15) is 8.42 Å². The Kier molecular flexibility index (Phi) is 3.77. The molecule has 1 heterocycles. The summed E-state index contributed by atoms with van der Waals surface area (Å²) in [5, 5.41) is -0.291. The first-order valence-electron chi connectivity index (χ1n) is 5.89. The van der Waals surface area contributed by atoms with Gasteiger partial charge in [0.2, 0.25) is 9.84 Å². The third kappa shape index (κ3) is 3.24. The van der Waals surface area contributed by atoms with Crippen LogP contribution < -0.4 is 5.73 Å². The molecule has 104 valence electrons. The van der Waals surface area contributed by atoms with Crippen molar-refractivity contribution >= 4 is 26.6 Å². The van der Waals surface area contributed by atoms with Crippen molar-refractivity contribution in [3.8, 4) is 0 Å². The number of nitrogens with two attached hydrogens (primary N) is 1. The summed E-state index contributed by atoms with van der Waals surface area (Å²) in [7, 11) is -3.57. The van der Waals surface area contributed by atoms with E-state index in [1.165, 1.54) is 0 Å². The van der Waals surface area contributed by atoms with Crippen molar-refractivity contribution in [2.24, 2.45) is 0 Å². The van der Waals surface area contributed by atoms with Crippen molar-refractivity contribution < 1.29 is 17.6 Å². The van der Waals surface area contributed by atoms with E-state index in [4.69, 9.17) is 14.9 Å². The van der Waals surface area contributed by atoms with Crippen LogP contribution >= 0.6 is 0 Å². The molecular weight excluding hydrogens is 268 g/mol. The van der Waals surface area contributed by atoms with Crippen molar-refractivity contribution in [3.05, 3.63) is 18.2 Å². The van der Waals surface area contributed by atoms with Crippen molar-refractivity contribution in [3.63, 3.8) is 0 Å². The van der Waals surface area contributed by atoms with Gasteiger partial charge in [0, 0.05) is 11.8 Å². The maximum Gasteiger partial charge on any atom is 0.316 e. The Hall–Kier alpha value is -1.60. The summed E-state index contributed by atoms with van der Waals surface area (Å²) in [6, 6.07) is 4.81. The van der Waals surface area contributed by atoms with Crippen LogP contribution in [0.2, 0.25) is 0 Å². The minimum absolute atomic E-state index is 0.0152. The van der Waals surface area contributed by atoms with Gasteiger partial charge in [-0.25, -0.2) is 8.42 Å². The monoisotopic (exact) mass is 284 g/mol. The molecular formula is C12H16N2O4S. The predicted octanol–water partition coefficient (Wildman–Crippen LogP) is 1.61. The zero-order valence-electron chi connectivity index (χ0n) is 10.8. The molecule has 6 nitrogen and oxygen atoms in total. The number of rotatable bonds is 5. The molecule has 0 saturated carbocycles. The highest BCUT2D eigenvalue weighted by atomic mass is 32.2. The average molecular weight is 284 g/mol. The number of ether oxygens (including phenoxy) is 1. The number of benzene rings is 1. The smallest absolute Gasteiger partial charge is 0.316 e. The summed E-state index contributed by atoms with van der Waals surface area (Å²) >= 11 is 0. The summed E-state index contributed by atoms with van der Waals surface area (Å²) < 4.78 is 34.5. The lowest BCUT2D eigenvalue weighted by Crippen LogP contribution is -2.15. The lowest BCUT2D eigenvalue weighted by molar-refractivity contribution is 0.0911. The molecule has 0 aliphatic rings. The normalized spacial score (nSPS) is 12.4. The van der Waals surface area contributed by atoms with Gasteiger partial charge in [0.1, 0.15) is 5.52 Å². The molecule has 1 aromatic heterocycles. The Balaban J connectivity index is 2.23. The van der Waals surface area contributed by atoms with Crippen molar-refractivity contribution in [1.82, 2.24) is 4.98 Å². The van der Waals surface area contributed by atoms with E-state index in [2.05, 4.69) is 4.98 Å². The second-order valence-corrected chi connectivity index (χ2v) is 6.43. The topological polar surface area (TPSA) is 95.4 Å². The third-order valence-corrected chi connectivity index (χ3v) is 3.87. The van der Waals surface area contributed by atoms with Gasteiger partial charge in [0.15, 0.2) is 5.58 Å². The second-order valence-electron chi connectivity index (χ2n) is 4.45. The molecule has 1 aromatic carbocycles. The van der Waals surface area contributed by atoms with Gasteiger partial charge < -0.3 is 14.9 Å². The van der Waals surface area contributed by atoms with Crippen LogP contribution in [-0.4, -0.2) is 31.9 Å². The minimum atomic E-state index is -3.57. The Bertz CT molecular complexity index is 676. The van der Waals surface area contributed by atoms with Gasteiger partial charge in [-0.15, -0.1) is 0 Å². The largest absolute Gasteiger partial charge is 0.428 e. The van der Waals surface area contributed by atoms with Crippen LogP contribution in [-0.2, 0) is 14.6 Å². The van der Waals surface area contributed by atoms with Gasteiger partial charge in [-0.2, -0.15) is 4.98 Å². The number of nitrogens with zero attached hydrogens (tertiary/aromatic N) is 1. The van der Waals surface area contributed by atoms with E-state index in [1.54, 1.807) is 18.2 Å². The summed E-state index contributed by atoms with van der Waals surface area (Å²) in [6.07, 6.45) is -0.0152. The van der Waals surface area contributed by atoms with Crippen LogP contribution in [0.3, 0.4) is 0 Å². The van der Waals surface area contributed by atoms with Crippen LogP contribution in [0.1, 0.15) is 13.8 Å². The van der Waals surface area contributed by atoms with E-state index >= 15 is 0 Å². The fourth-order valence-corrected chi connectivity index (χ4v) is 2.48. The maximum atomic E-state index is 12.0. The maximum absolute atomic E-state index is 12.0. The highest BCUT2D eigenvalue weighted by Crippen LogP contribution is 2.21. The molecule has 0 radical (unpaired) electrons. The molecule has 19 heavy (non-hydrogen) atoms. The Morgan fingerprint density at radius 3 is 2.84 bits per heavy atom. The highest BCUT2D eigenvalue weighted by molar-refractivity contribution is 7.91. The van der Waals surface area contributed by atoms with E-state index in [-0.39, 0.29) is 23.7 Å². The van der Waals surface area contributed by atoms with Gasteiger partial charge in [-0.05, 0) is 26.0 Å². The number of sulfone groups is 1. The highest BCUT2D eigenvalue weighted by Gasteiger charge is 2.22. The quantitative estimate of drug-likeness (QED) is 0.838. The molecule has 0 aliphatic carbocycles. The lowest BCUT2D eigenvalue weighted by atomic mass is 10.3. The SMILES string of the molecule is CC(C)OCCS(=O)(=O)c1nc2ccc(N)cc2o1.